The highest BCUT2D eigenvalue weighted by atomic mass is 32.2. The van der Waals surface area contributed by atoms with Gasteiger partial charge in [-0.3, -0.25) is 4.72 Å². The molecule has 0 aliphatic carbocycles. The van der Waals surface area contributed by atoms with E-state index in [4.69, 9.17) is 4.42 Å². The molecule has 0 aliphatic rings. The first-order valence-corrected chi connectivity index (χ1v) is 7.95. The van der Waals surface area contributed by atoms with E-state index in [1.165, 1.54) is 42.8 Å². The maximum absolute atomic E-state index is 13.2. The minimum atomic E-state index is -4.00. The van der Waals surface area contributed by atoms with Crippen LogP contribution in [0.15, 0.2) is 64.2 Å². The lowest BCUT2D eigenvalue weighted by Gasteiger charge is -2.11. The molecule has 0 unspecified atom stereocenters. The van der Waals surface area contributed by atoms with Crippen LogP contribution in [0.2, 0.25) is 0 Å². The summed E-state index contributed by atoms with van der Waals surface area (Å²) in [6, 6.07) is 8.63. The van der Waals surface area contributed by atoms with Crippen LogP contribution < -0.4 is 4.72 Å². The van der Waals surface area contributed by atoms with Crippen LogP contribution in [0, 0.1) is 5.82 Å². The number of oxazole rings is 1. The topological polar surface area (TPSA) is 92.4 Å². The smallest absolute Gasteiger partial charge is 0.262 e. The second kappa shape index (κ2) is 5.73. The zero-order valence-electron chi connectivity index (χ0n) is 11.6. The Hall–Kier alpha value is -2.87. The number of aromatic hydroxyl groups is 1. The summed E-state index contributed by atoms with van der Waals surface area (Å²) in [6.45, 7) is 0. The molecule has 2 aromatic carbocycles. The van der Waals surface area contributed by atoms with Gasteiger partial charge in [-0.15, -0.1) is 0 Å². The Bertz CT molecular complexity index is 940. The Morgan fingerprint density at radius 1 is 1.17 bits per heavy atom. The lowest BCUT2D eigenvalue weighted by Crippen LogP contribution is -2.13. The Morgan fingerprint density at radius 2 is 2.00 bits per heavy atom. The van der Waals surface area contributed by atoms with Crippen LogP contribution in [0.3, 0.4) is 0 Å². The van der Waals surface area contributed by atoms with Crippen molar-refractivity contribution in [1.29, 1.82) is 0 Å². The summed E-state index contributed by atoms with van der Waals surface area (Å²) in [6.07, 6.45) is 2.72. The second-order valence-corrected chi connectivity index (χ2v) is 6.31. The molecule has 0 bridgehead atoms. The zero-order chi connectivity index (χ0) is 16.4. The molecule has 23 heavy (non-hydrogen) atoms. The van der Waals surface area contributed by atoms with Crippen molar-refractivity contribution in [3.05, 3.63) is 60.7 Å². The van der Waals surface area contributed by atoms with E-state index >= 15 is 0 Å². The van der Waals surface area contributed by atoms with E-state index < -0.39 is 15.8 Å². The molecule has 3 aromatic rings. The second-order valence-electron chi connectivity index (χ2n) is 4.63. The van der Waals surface area contributed by atoms with Crippen LogP contribution in [0.1, 0.15) is 0 Å². The molecule has 2 N–H and O–H groups in total. The number of hydrogen-bond donors (Lipinski definition) is 2. The largest absolute Gasteiger partial charge is 0.508 e. The number of benzene rings is 2. The average Bonchev–Trinajstić information content (AvgIpc) is 3.03. The molecule has 1 heterocycles. The summed E-state index contributed by atoms with van der Waals surface area (Å²) < 4.78 is 45.5. The minimum absolute atomic E-state index is 0.0769. The van der Waals surface area contributed by atoms with Crippen LogP contribution in [0.25, 0.3) is 11.5 Å². The highest BCUT2D eigenvalue weighted by molar-refractivity contribution is 7.92. The first-order chi connectivity index (χ1) is 11.0. The number of hydrogen-bond acceptors (Lipinski definition) is 5. The van der Waals surface area contributed by atoms with Crippen molar-refractivity contribution in [2.45, 2.75) is 4.90 Å². The van der Waals surface area contributed by atoms with Crippen LogP contribution in [-0.2, 0) is 10.0 Å². The standard InChI is InChI=1S/C15H11FN2O4S/c16-10-2-1-3-12(8-10)23(20,21)18-14-5-4-11(19)9-13(14)15-17-6-7-22-15/h1-9,18-19H. The summed E-state index contributed by atoms with van der Waals surface area (Å²) in [7, 11) is -4.00. The van der Waals surface area contributed by atoms with E-state index in [0.29, 0.717) is 0 Å². The Kier molecular flexibility index (Phi) is 3.75. The number of phenols is 1. The minimum Gasteiger partial charge on any atom is -0.508 e. The molecule has 0 atom stereocenters. The van der Waals surface area contributed by atoms with E-state index in [2.05, 4.69) is 9.71 Å². The van der Waals surface area contributed by atoms with E-state index in [-0.39, 0.29) is 27.8 Å². The molecule has 118 valence electrons. The molecule has 0 aliphatic heterocycles. The highest BCUT2D eigenvalue weighted by Crippen LogP contribution is 2.31. The Morgan fingerprint density at radius 3 is 2.70 bits per heavy atom. The van der Waals surface area contributed by atoms with Gasteiger partial charge in [-0.1, -0.05) is 6.07 Å². The normalized spacial score (nSPS) is 11.3. The molecular formula is C15H11FN2O4S. The van der Waals surface area contributed by atoms with Crippen LogP contribution in [0.5, 0.6) is 5.75 Å². The van der Waals surface area contributed by atoms with Crippen molar-refractivity contribution in [2.75, 3.05) is 4.72 Å². The van der Waals surface area contributed by atoms with Crippen LogP contribution in [-0.4, -0.2) is 18.5 Å². The molecule has 0 fully saturated rings. The van der Waals surface area contributed by atoms with Gasteiger partial charge >= 0.3 is 0 Å². The SMILES string of the molecule is O=S(=O)(Nc1ccc(O)cc1-c1ncco1)c1cccc(F)c1. The third-order valence-electron chi connectivity index (χ3n) is 3.02. The summed E-state index contributed by atoms with van der Waals surface area (Å²) in [5.41, 5.74) is 0.407. The number of halogens is 1. The number of sulfonamides is 1. The number of rotatable bonds is 4. The van der Waals surface area contributed by atoms with Crippen LogP contribution in [0.4, 0.5) is 10.1 Å². The fourth-order valence-corrected chi connectivity index (χ4v) is 3.10. The van der Waals surface area contributed by atoms with Crippen LogP contribution >= 0.6 is 0 Å². The molecule has 0 amide bonds. The van der Waals surface area contributed by atoms with Gasteiger partial charge in [0.2, 0.25) is 5.89 Å². The molecule has 6 nitrogen and oxygen atoms in total. The van der Waals surface area contributed by atoms with Gasteiger partial charge in [0.25, 0.3) is 10.0 Å². The van der Waals surface area contributed by atoms with Gasteiger partial charge in [-0.25, -0.2) is 17.8 Å². The Balaban J connectivity index is 2.03. The third-order valence-corrected chi connectivity index (χ3v) is 4.38. The van der Waals surface area contributed by atoms with Crippen molar-refractivity contribution in [3.63, 3.8) is 0 Å². The van der Waals surface area contributed by atoms with Gasteiger partial charge in [0.05, 0.1) is 22.3 Å². The van der Waals surface area contributed by atoms with Crippen molar-refractivity contribution in [1.82, 2.24) is 4.98 Å². The maximum Gasteiger partial charge on any atom is 0.262 e. The fraction of sp³-hybridized carbons (Fsp3) is 0. The number of nitrogens with zero attached hydrogens (tertiary/aromatic N) is 1. The van der Waals surface area contributed by atoms with Crippen molar-refractivity contribution in [2.24, 2.45) is 0 Å². The third kappa shape index (κ3) is 3.16. The molecule has 0 radical (unpaired) electrons. The van der Waals surface area contributed by atoms with E-state index in [1.807, 2.05) is 0 Å². The van der Waals surface area contributed by atoms with Gasteiger partial charge in [-0.2, -0.15) is 0 Å². The van der Waals surface area contributed by atoms with Gasteiger partial charge < -0.3 is 9.52 Å². The van der Waals surface area contributed by atoms with Crippen molar-refractivity contribution >= 4 is 15.7 Å². The quantitative estimate of drug-likeness (QED) is 0.716. The van der Waals surface area contributed by atoms with Gasteiger partial charge in [0.15, 0.2) is 0 Å². The van der Waals surface area contributed by atoms with Gasteiger partial charge in [0.1, 0.15) is 17.8 Å². The summed E-state index contributed by atoms with van der Waals surface area (Å²) in [5.74, 6) is -0.601. The first kappa shape index (κ1) is 15.0. The predicted octanol–water partition coefficient (Wildman–Crippen LogP) is 2.99. The summed E-state index contributed by atoms with van der Waals surface area (Å²) >= 11 is 0. The molecular weight excluding hydrogens is 323 g/mol. The molecule has 8 heteroatoms. The number of nitrogens with one attached hydrogen (secondary N) is 1. The van der Waals surface area contributed by atoms with Crippen molar-refractivity contribution in [3.8, 4) is 17.2 Å². The monoisotopic (exact) mass is 334 g/mol. The number of anilines is 1. The molecule has 0 saturated carbocycles. The zero-order valence-corrected chi connectivity index (χ0v) is 12.4. The first-order valence-electron chi connectivity index (χ1n) is 6.47. The molecule has 0 saturated heterocycles. The lowest BCUT2D eigenvalue weighted by molar-refractivity contribution is 0.475. The maximum atomic E-state index is 13.2. The fourth-order valence-electron chi connectivity index (χ4n) is 1.99. The average molecular weight is 334 g/mol. The lowest BCUT2D eigenvalue weighted by atomic mass is 10.1. The highest BCUT2D eigenvalue weighted by Gasteiger charge is 2.19. The summed E-state index contributed by atoms with van der Waals surface area (Å²) in [4.78, 5) is 3.71. The summed E-state index contributed by atoms with van der Waals surface area (Å²) in [5, 5.41) is 9.59. The molecule has 3 rings (SSSR count). The van der Waals surface area contributed by atoms with Gasteiger partial charge in [-0.05, 0) is 36.4 Å². The Labute approximate surface area is 131 Å². The van der Waals surface area contributed by atoms with E-state index in [0.717, 1.165) is 12.1 Å². The predicted molar refractivity (Wildman–Crippen MR) is 80.8 cm³/mol. The van der Waals surface area contributed by atoms with Gasteiger partial charge in [0, 0.05) is 0 Å². The van der Waals surface area contributed by atoms with Crippen molar-refractivity contribution < 1.29 is 22.3 Å². The van der Waals surface area contributed by atoms with E-state index in [1.54, 1.807) is 0 Å². The number of aromatic nitrogens is 1. The van der Waals surface area contributed by atoms with E-state index in [9.17, 15) is 17.9 Å². The molecule has 1 aromatic heterocycles. The number of phenolic OH excluding ortho intramolecular Hbond substituents is 1. The molecule has 0 spiro atoms.